The Kier molecular flexibility index (Phi) is 3.74. The third kappa shape index (κ3) is 2.64. The van der Waals surface area contributed by atoms with Gasteiger partial charge in [0.25, 0.3) is 0 Å². The summed E-state index contributed by atoms with van der Waals surface area (Å²) in [5.41, 5.74) is 8.36. The van der Waals surface area contributed by atoms with Gasteiger partial charge in [-0.15, -0.1) is 0 Å². The van der Waals surface area contributed by atoms with Crippen LogP contribution < -0.4 is 11.1 Å². The number of nitrogens with zero attached hydrogens (tertiary/aromatic N) is 1. The highest BCUT2D eigenvalue weighted by Gasteiger charge is 2.15. The fraction of sp³-hybridized carbons (Fsp3) is 0.308. The van der Waals surface area contributed by atoms with E-state index in [2.05, 4.69) is 42.4 Å². The van der Waals surface area contributed by atoms with Gasteiger partial charge in [0, 0.05) is 11.1 Å². The summed E-state index contributed by atoms with van der Waals surface area (Å²) in [5.74, 6) is 0.639. The second-order valence-corrected chi connectivity index (χ2v) is 4.88. The van der Waals surface area contributed by atoms with Crippen LogP contribution in [0.15, 0.2) is 38.9 Å². The van der Waals surface area contributed by atoms with Crippen LogP contribution in [-0.2, 0) is 6.42 Å². The Morgan fingerprint density at radius 1 is 1.41 bits per heavy atom. The zero-order valence-corrected chi connectivity index (χ0v) is 11.0. The molecule has 0 fully saturated rings. The van der Waals surface area contributed by atoms with Crippen molar-refractivity contribution in [2.45, 2.75) is 31.6 Å². The van der Waals surface area contributed by atoms with Gasteiger partial charge in [0.1, 0.15) is 10.9 Å². The van der Waals surface area contributed by atoms with Crippen molar-refractivity contribution in [1.29, 1.82) is 0 Å². The first kappa shape index (κ1) is 12.0. The lowest BCUT2D eigenvalue weighted by Crippen LogP contribution is -2.15. The molecule has 0 spiro atoms. The number of thioether (sulfide) groups is 1. The number of anilines is 1. The highest BCUT2D eigenvalue weighted by molar-refractivity contribution is 8.03. The third-order valence-corrected chi connectivity index (χ3v) is 3.64. The lowest BCUT2D eigenvalue weighted by molar-refractivity contribution is 1.12. The molecule has 0 aromatic heterocycles. The van der Waals surface area contributed by atoms with Gasteiger partial charge >= 0.3 is 0 Å². The molecule has 0 saturated heterocycles. The molecule has 1 heterocycles. The summed E-state index contributed by atoms with van der Waals surface area (Å²) in [7, 11) is 0. The minimum absolute atomic E-state index is 0.639. The molecule has 0 unspecified atom stereocenters. The Morgan fingerprint density at radius 2 is 2.24 bits per heavy atom. The maximum absolute atomic E-state index is 5.96. The predicted molar refractivity (Wildman–Crippen MR) is 75.3 cm³/mol. The highest BCUT2D eigenvalue weighted by atomic mass is 32.2. The van der Waals surface area contributed by atoms with Crippen molar-refractivity contribution in [3.05, 3.63) is 34.6 Å². The van der Waals surface area contributed by atoms with Gasteiger partial charge in [-0.3, -0.25) is 4.99 Å². The lowest BCUT2D eigenvalue weighted by Gasteiger charge is -2.19. The normalized spacial score (nSPS) is 14.9. The van der Waals surface area contributed by atoms with Gasteiger partial charge in [-0.25, -0.2) is 0 Å². The molecule has 0 radical (unpaired) electrons. The molecule has 1 aliphatic rings. The second kappa shape index (κ2) is 5.27. The zero-order valence-electron chi connectivity index (χ0n) is 10.2. The van der Waals surface area contributed by atoms with E-state index in [0.717, 1.165) is 23.6 Å². The third-order valence-electron chi connectivity index (χ3n) is 2.55. The van der Waals surface area contributed by atoms with Gasteiger partial charge in [-0.1, -0.05) is 31.7 Å². The van der Waals surface area contributed by atoms with Gasteiger partial charge in [0.05, 0.1) is 5.69 Å². The Balaban J connectivity index is 2.28. The molecule has 4 heteroatoms. The number of benzene rings is 1. The molecule has 1 aromatic carbocycles. The highest BCUT2D eigenvalue weighted by Crippen LogP contribution is 2.39. The van der Waals surface area contributed by atoms with Crippen LogP contribution in [0.4, 0.5) is 5.69 Å². The summed E-state index contributed by atoms with van der Waals surface area (Å²) < 4.78 is 0. The topological polar surface area (TPSA) is 50.4 Å². The van der Waals surface area contributed by atoms with Crippen LogP contribution in [0, 0.1) is 0 Å². The lowest BCUT2D eigenvalue weighted by atomic mass is 10.1. The van der Waals surface area contributed by atoms with Crippen molar-refractivity contribution in [3.8, 4) is 0 Å². The quantitative estimate of drug-likeness (QED) is 0.805. The minimum atomic E-state index is 0.639. The molecule has 0 aliphatic carbocycles. The van der Waals surface area contributed by atoms with E-state index in [1.165, 1.54) is 10.5 Å². The van der Waals surface area contributed by atoms with Gasteiger partial charge in [0.15, 0.2) is 0 Å². The van der Waals surface area contributed by atoms with Crippen LogP contribution in [0.3, 0.4) is 0 Å². The summed E-state index contributed by atoms with van der Waals surface area (Å²) in [6, 6.07) is 6.42. The first-order chi connectivity index (χ1) is 8.24. The van der Waals surface area contributed by atoms with Crippen molar-refractivity contribution in [3.63, 3.8) is 0 Å². The van der Waals surface area contributed by atoms with Gasteiger partial charge in [-0.05, 0) is 30.5 Å². The van der Waals surface area contributed by atoms with Crippen molar-refractivity contribution >= 4 is 23.7 Å². The number of fused-ring (bicyclic) bond motifs is 1. The average molecular weight is 247 g/mol. The largest absolute Gasteiger partial charge is 0.383 e. The number of nitrogens with one attached hydrogen (secondary N) is 1. The van der Waals surface area contributed by atoms with E-state index < -0.39 is 0 Å². The summed E-state index contributed by atoms with van der Waals surface area (Å²) in [5, 5.41) is 4.07. The number of aliphatic imine (C=N–C) groups is 1. The molecule has 0 bridgehead atoms. The molecule has 17 heavy (non-hydrogen) atoms. The van der Waals surface area contributed by atoms with E-state index >= 15 is 0 Å². The molecule has 0 atom stereocenters. The Labute approximate surface area is 106 Å². The van der Waals surface area contributed by atoms with Gasteiger partial charge in [0.2, 0.25) is 0 Å². The first-order valence-electron chi connectivity index (χ1n) is 5.84. The number of aryl methyl sites for hydroxylation is 1. The zero-order chi connectivity index (χ0) is 12.3. The van der Waals surface area contributed by atoms with E-state index in [1.807, 2.05) is 6.21 Å². The number of nitrogens with two attached hydrogens (primary N) is 1. The molecule has 90 valence electrons. The van der Waals surface area contributed by atoms with E-state index in [1.54, 1.807) is 11.8 Å². The fourth-order valence-electron chi connectivity index (χ4n) is 1.61. The number of hydrogen-bond donors (Lipinski definition) is 2. The van der Waals surface area contributed by atoms with E-state index in [4.69, 9.17) is 5.73 Å². The number of hydrogen-bond acceptors (Lipinski definition) is 4. The van der Waals surface area contributed by atoms with Crippen molar-refractivity contribution in [1.82, 2.24) is 0 Å². The van der Waals surface area contributed by atoms with Gasteiger partial charge < -0.3 is 11.1 Å². The van der Waals surface area contributed by atoms with E-state index in [-0.39, 0.29) is 0 Å². The monoisotopic (exact) mass is 247 g/mol. The summed E-state index contributed by atoms with van der Waals surface area (Å²) >= 11 is 1.62. The Bertz CT molecular complexity index is 478. The van der Waals surface area contributed by atoms with Crippen LogP contribution >= 0.6 is 11.8 Å². The first-order valence-corrected chi connectivity index (χ1v) is 6.66. The van der Waals surface area contributed by atoms with Gasteiger partial charge in [-0.2, -0.15) is 0 Å². The fourth-order valence-corrected chi connectivity index (χ4v) is 2.46. The number of rotatable bonds is 3. The molecule has 3 nitrogen and oxygen atoms in total. The van der Waals surface area contributed by atoms with Crippen LogP contribution in [-0.4, -0.2) is 6.21 Å². The minimum Gasteiger partial charge on any atom is -0.383 e. The van der Waals surface area contributed by atoms with Crippen LogP contribution in [0.2, 0.25) is 0 Å². The maximum Gasteiger partial charge on any atom is 0.141 e. The molecule has 0 saturated carbocycles. The summed E-state index contributed by atoms with van der Waals surface area (Å²) in [6.07, 6.45) is 3.82. The standard InChI is InChI=1S/C13H17N3S/c1-3-7-15-13-12(14)16-10-8-9(4-2)5-6-11(10)17-13/h5-8,16H,3-4,14H2,1-2H3/b15-7-. The molecular weight excluding hydrogens is 230 g/mol. The molecule has 1 aromatic rings. The van der Waals surface area contributed by atoms with Crippen molar-refractivity contribution in [2.75, 3.05) is 5.32 Å². The van der Waals surface area contributed by atoms with E-state index in [0.29, 0.717) is 5.82 Å². The Hall–Kier alpha value is -1.42. The van der Waals surface area contributed by atoms with Crippen molar-refractivity contribution < 1.29 is 0 Å². The smallest absolute Gasteiger partial charge is 0.141 e. The second-order valence-electron chi connectivity index (χ2n) is 3.85. The summed E-state index contributed by atoms with van der Waals surface area (Å²) in [4.78, 5) is 5.53. The molecular formula is C13H17N3S. The van der Waals surface area contributed by atoms with E-state index in [9.17, 15) is 0 Å². The van der Waals surface area contributed by atoms with Crippen LogP contribution in [0.5, 0.6) is 0 Å². The SMILES string of the molecule is CC/C=N\C1=C(N)Nc2cc(CC)ccc2S1. The molecule has 0 amide bonds. The Morgan fingerprint density at radius 3 is 2.94 bits per heavy atom. The molecule has 2 rings (SSSR count). The van der Waals surface area contributed by atoms with Crippen molar-refractivity contribution in [2.24, 2.45) is 10.7 Å². The average Bonchev–Trinajstić information content (AvgIpc) is 2.35. The van der Waals surface area contributed by atoms with Crippen LogP contribution in [0.25, 0.3) is 0 Å². The van der Waals surface area contributed by atoms with Crippen LogP contribution in [0.1, 0.15) is 25.8 Å². The maximum atomic E-state index is 5.96. The predicted octanol–water partition coefficient (Wildman–Crippen LogP) is 3.33. The summed E-state index contributed by atoms with van der Waals surface area (Å²) in [6.45, 7) is 4.20. The molecule has 3 N–H and O–H groups in total. The molecule has 1 aliphatic heterocycles.